The molecule has 2 rings (SSSR count). The topological polar surface area (TPSA) is 26.3 Å². The van der Waals surface area contributed by atoms with E-state index in [2.05, 4.69) is 0 Å². The van der Waals surface area contributed by atoms with Crippen LogP contribution in [0.5, 0.6) is 11.5 Å². The van der Waals surface area contributed by atoms with E-state index in [1.807, 2.05) is 6.07 Å². The number of hydrogen-bond acceptors (Lipinski definition) is 2. The number of hydrogen-bond donors (Lipinski definition) is 0. The Balaban J connectivity index is 2.30. The molecule has 0 fully saturated rings. The van der Waals surface area contributed by atoms with Gasteiger partial charge in [0.05, 0.1) is 5.56 Å². The van der Waals surface area contributed by atoms with E-state index in [1.165, 1.54) is 0 Å². The van der Waals surface area contributed by atoms with Gasteiger partial charge < -0.3 is 4.74 Å². The Morgan fingerprint density at radius 1 is 1.06 bits per heavy atom. The summed E-state index contributed by atoms with van der Waals surface area (Å²) in [6.07, 6.45) is 0.764. The van der Waals surface area contributed by atoms with E-state index in [0.29, 0.717) is 22.1 Å². The predicted molar refractivity (Wildman–Crippen MR) is 63.4 cm³/mol. The van der Waals surface area contributed by atoms with Gasteiger partial charge in [-0.2, -0.15) is 0 Å². The van der Waals surface area contributed by atoms with Crippen molar-refractivity contribution in [2.75, 3.05) is 0 Å². The number of carbonyl (C=O) groups excluding carboxylic acids is 1. The van der Waals surface area contributed by atoms with Crippen LogP contribution in [-0.4, -0.2) is 6.29 Å². The Kier molecular flexibility index (Phi) is 3.22. The monoisotopic (exact) mass is 232 g/mol. The quantitative estimate of drug-likeness (QED) is 0.749. The number of ether oxygens (including phenoxy) is 1. The third-order valence-corrected chi connectivity index (χ3v) is 2.30. The van der Waals surface area contributed by atoms with Crippen LogP contribution in [-0.2, 0) is 0 Å². The maximum atomic E-state index is 10.8. The van der Waals surface area contributed by atoms with E-state index in [1.54, 1.807) is 42.5 Å². The third-order valence-electron chi connectivity index (χ3n) is 2.07. The van der Waals surface area contributed by atoms with Crippen LogP contribution in [0.4, 0.5) is 0 Å². The highest BCUT2D eigenvalue weighted by molar-refractivity contribution is 6.30. The van der Waals surface area contributed by atoms with E-state index in [4.69, 9.17) is 16.3 Å². The van der Waals surface area contributed by atoms with E-state index in [0.717, 1.165) is 6.29 Å². The fourth-order valence-electron chi connectivity index (χ4n) is 1.33. The molecular formula is C13H9ClO2. The number of halogens is 1. The van der Waals surface area contributed by atoms with Crippen LogP contribution >= 0.6 is 11.6 Å². The second-order valence-electron chi connectivity index (χ2n) is 3.22. The Morgan fingerprint density at radius 2 is 1.88 bits per heavy atom. The summed E-state index contributed by atoms with van der Waals surface area (Å²) in [6, 6.07) is 14.1. The number of para-hydroxylation sites is 1. The molecule has 2 nitrogen and oxygen atoms in total. The molecule has 0 unspecified atom stereocenters. The molecule has 0 saturated carbocycles. The smallest absolute Gasteiger partial charge is 0.153 e. The zero-order valence-electron chi connectivity index (χ0n) is 8.39. The lowest BCUT2D eigenvalue weighted by Crippen LogP contribution is -1.89. The van der Waals surface area contributed by atoms with Gasteiger partial charge in [-0.25, -0.2) is 0 Å². The SMILES string of the molecule is O=Cc1ccccc1Oc1cccc(Cl)c1. The Bertz CT molecular complexity index is 509. The van der Waals surface area contributed by atoms with Gasteiger partial charge in [-0.05, 0) is 30.3 Å². The molecule has 0 bridgehead atoms. The summed E-state index contributed by atoms with van der Waals surface area (Å²) in [7, 11) is 0. The lowest BCUT2D eigenvalue weighted by Gasteiger charge is -2.07. The summed E-state index contributed by atoms with van der Waals surface area (Å²) in [5, 5.41) is 0.598. The van der Waals surface area contributed by atoms with Crippen molar-refractivity contribution >= 4 is 17.9 Å². The van der Waals surface area contributed by atoms with Crippen LogP contribution in [0.25, 0.3) is 0 Å². The Morgan fingerprint density at radius 3 is 2.62 bits per heavy atom. The molecule has 0 aliphatic rings. The first-order valence-corrected chi connectivity index (χ1v) is 5.15. The van der Waals surface area contributed by atoms with Crippen molar-refractivity contribution in [1.29, 1.82) is 0 Å². The summed E-state index contributed by atoms with van der Waals surface area (Å²) in [5.74, 6) is 1.14. The maximum absolute atomic E-state index is 10.8. The van der Waals surface area contributed by atoms with Crippen LogP contribution in [0.2, 0.25) is 5.02 Å². The largest absolute Gasteiger partial charge is 0.457 e. The molecule has 3 heteroatoms. The normalized spacial score (nSPS) is 9.81. The minimum absolute atomic E-state index is 0.516. The zero-order valence-corrected chi connectivity index (χ0v) is 9.15. The van der Waals surface area contributed by atoms with E-state index in [-0.39, 0.29) is 0 Å². The molecule has 16 heavy (non-hydrogen) atoms. The summed E-state index contributed by atoms with van der Waals surface area (Å²) >= 11 is 5.84. The number of rotatable bonds is 3. The predicted octanol–water partition coefficient (Wildman–Crippen LogP) is 3.94. The second-order valence-corrected chi connectivity index (χ2v) is 3.65. The molecule has 80 valence electrons. The average Bonchev–Trinajstić information content (AvgIpc) is 2.30. The molecular weight excluding hydrogens is 224 g/mol. The van der Waals surface area contributed by atoms with Crippen molar-refractivity contribution in [2.45, 2.75) is 0 Å². The van der Waals surface area contributed by atoms with Crippen molar-refractivity contribution in [3.63, 3.8) is 0 Å². The molecule has 2 aromatic carbocycles. The zero-order chi connectivity index (χ0) is 11.4. The molecule has 0 aromatic heterocycles. The van der Waals surface area contributed by atoms with Crippen molar-refractivity contribution in [3.05, 3.63) is 59.1 Å². The molecule has 0 N–H and O–H groups in total. The molecule has 0 aliphatic carbocycles. The van der Waals surface area contributed by atoms with E-state index in [9.17, 15) is 4.79 Å². The van der Waals surface area contributed by atoms with Gasteiger partial charge in [-0.15, -0.1) is 0 Å². The summed E-state index contributed by atoms with van der Waals surface area (Å²) in [6.45, 7) is 0. The summed E-state index contributed by atoms with van der Waals surface area (Å²) < 4.78 is 5.57. The van der Waals surface area contributed by atoms with Crippen molar-refractivity contribution in [1.82, 2.24) is 0 Å². The van der Waals surface area contributed by atoms with Gasteiger partial charge in [0.2, 0.25) is 0 Å². The lowest BCUT2D eigenvalue weighted by atomic mass is 10.2. The van der Waals surface area contributed by atoms with Gasteiger partial charge in [-0.1, -0.05) is 29.8 Å². The second kappa shape index (κ2) is 4.81. The first kappa shape index (κ1) is 10.7. The van der Waals surface area contributed by atoms with Gasteiger partial charge in [0.1, 0.15) is 11.5 Å². The number of carbonyl (C=O) groups is 1. The van der Waals surface area contributed by atoms with Gasteiger partial charge in [0.15, 0.2) is 6.29 Å². The third kappa shape index (κ3) is 2.41. The van der Waals surface area contributed by atoms with Gasteiger partial charge >= 0.3 is 0 Å². The number of aldehydes is 1. The molecule has 0 saturated heterocycles. The van der Waals surface area contributed by atoms with E-state index >= 15 is 0 Å². The van der Waals surface area contributed by atoms with Crippen molar-refractivity contribution in [3.8, 4) is 11.5 Å². The highest BCUT2D eigenvalue weighted by atomic mass is 35.5. The molecule has 0 radical (unpaired) electrons. The molecule has 0 atom stereocenters. The van der Waals surface area contributed by atoms with Crippen LogP contribution in [0.1, 0.15) is 10.4 Å². The molecule has 0 amide bonds. The maximum Gasteiger partial charge on any atom is 0.153 e. The minimum atomic E-state index is 0.516. The lowest BCUT2D eigenvalue weighted by molar-refractivity contribution is 0.112. The highest BCUT2D eigenvalue weighted by Crippen LogP contribution is 2.25. The Labute approximate surface area is 98.4 Å². The molecule has 0 heterocycles. The van der Waals surface area contributed by atoms with Gasteiger partial charge in [0.25, 0.3) is 0 Å². The van der Waals surface area contributed by atoms with Crippen molar-refractivity contribution in [2.24, 2.45) is 0 Å². The molecule has 0 spiro atoms. The van der Waals surface area contributed by atoms with Crippen LogP contribution in [0.15, 0.2) is 48.5 Å². The van der Waals surface area contributed by atoms with E-state index < -0.39 is 0 Å². The minimum Gasteiger partial charge on any atom is -0.457 e. The average molecular weight is 233 g/mol. The first-order valence-electron chi connectivity index (χ1n) is 4.77. The fourth-order valence-corrected chi connectivity index (χ4v) is 1.51. The Hall–Kier alpha value is -1.80. The van der Waals surface area contributed by atoms with Gasteiger partial charge in [-0.3, -0.25) is 4.79 Å². The molecule has 0 aliphatic heterocycles. The first-order chi connectivity index (χ1) is 7.79. The highest BCUT2D eigenvalue weighted by Gasteiger charge is 2.03. The summed E-state index contributed by atoms with van der Waals surface area (Å²) in [4.78, 5) is 10.8. The number of benzene rings is 2. The summed E-state index contributed by atoms with van der Waals surface area (Å²) in [5.41, 5.74) is 0.516. The molecule has 2 aromatic rings. The van der Waals surface area contributed by atoms with Crippen LogP contribution in [0, 0.1) is 0 Å². The standard InChI is InChI=1S/C13H9ClO2/c14-11-5-3-6-12(8-11)16-13-7-2-1-4-10(13)9-15/h1-9H. The van der Waals surface area contributed by atoms with Crippen LogP contribution in [0.3, 0.4) is 0 Å². The van der Waals surface area contributed by atoms with Crippen LogP contribution < -0.4 is 4.74 Å². The van der Waals surface area contributed by atoms with Gasteiger partial charge in [0, 0.05) is 5.02 Å². The fraction of sp³-hybridized carbons (Fsp3) is 0. The van der Waals surface area contributed by atoms with Crippen molar-refractivity contribution < 1.29 is 9.53 Å².